The zero-order valence-corrected chi connectivity index (χ0v) is 10.6. The second-order valence-corrected chi connectivity index (χ2v) is 4.66. The lowest BCUT2D eigenvalue weighted by molar-refractivity contribution is 0.108. The Morgan fingerprint density at radius 3 is 1.88 bits per heavy atom. The van der Waals surface area contributed by atoms with E-state index in [1.54, 1.807) is 18.2 Å². The minimum Gasteiger partial charge on any atom is -0.276 e. The highest BCUT2D eigenvalue weighted by Gasteiger charge is 2.17. The maximum Gasteiger partial charge on any atom is 0.252 e. The molecule has 0 aliphatic rings. The summed E-state index contributed by atoms with van der Waals surface area (Å²) in [6, 6.07) is 4.82. The topological polar surface area (TPSA) is 34.1 Å². The minimum atomic E-state index is -0.560. The van der Waals surface area contributed by atoms with Crippen LogP contribution in [0, 0.1) is 5.92 Å². The van der Waals surface area contributed by atoms with Gasteiger partial charge in [0.25, 0.3) is 10.5 Å². The Morgan fingerprint density at radius 1 is 1.12 bits per heavy atom. The van der Waals surface area contributed by atoms with Crippen molar-refractivity contribution in [1.82, 2.24) is 0 Å². The largest absolute Gasteiger partial charge is 0.276 e. The normalized spacial score (nSPS) is 10.6. The maximum atomic E-state index is 11.2. The van der Waals surface area contributed by atoms with E-state index in [1.807, 2.05) is 13.8 Å². The van der Waals surface area contributed by atoms with Gasteiger partial charge in [0.15, 0.2) is 0 Å². The van der Waals surface area contributed by atoms with Crippen molar-refractivity contribution in [3.05, 3.63) is 34.9 Å². The lowest BCUT2D eigenvalue weighted by Crippen LogP contribution is -2.08. The van der Waals surface area contributed by atoms with Crippen molar-refractivity contribution >= 4 is 33.7 Å². The molecule has 0 aliphatic carbocycles. The zero-order valence-electron chi connectivity index (χ0n) is 9.09. The molecule has 2 nitrogen and oxygen atoms in total. The lowest BCUT2D eigenvalue weighted by atomic mass is 9.94. The molecule has 0 spiro atoms. The van der Waals surface area contributed by atoms with E-state index in [9.17, 15) is 9.59 Å². The molecule has 0 aromatic heterocycles. The van der Waals surface area contributed by atoms with Crippen LogP contribution in [0.4, 0.5) is 0 Å². The van der Waals surface area contributed by atoms with Crippen molar-refractivity contribution in [2.24, 2.45) is 5.92 Å². The molecule has 0 unspecified atom stereocenters. The van der Waals surface area contributed by atoms with Gasteiger partial charge in [-0.3, -0.25) is 9.59 Å². The summed E-state index contributed by atoms with van der Waals surface area (Å²) in [6.45, 7) is 4.00. The standard InChI is InChI=1S/C12H12Cl2O2/c1-7(2)6-10-8(11(13)15)4-3-5-9(10)12(14)16/h3-5,7H,6H2,1-2H3. The molecular weight excluding hydrogens is 247 g/mol. The molecule has 0 aliphatic heterocycles. The van der Waals surface area contributed by atoms with Crippen LogP contribution in [0.5, 0.6) is 0 Å². The van der Waals surface area contributed by atoms with Gasteiger partial charge in [0.1, 0.15) is 0 Å². The highest BCUT2D eigenvalue weighted by atomic mass is 35.5. The van der Waals surface area contributed by atoms with E-state index in [0.29, 0.717) is 29.0 Å². The number of benzene rings is 1. The lowest BCUT2D eigenvalue weighted by Gasteiger charge is -2.12. The van der Waals surface area contributed by atoms with Crippen LogP contribution in [0.2, 0.25) is 0 Å². The molecule has 0 amide bonds. The van der Waals surface area contributed by atoms with Crippen LogP contribution < -0.4 is 0 Å². The van der Waals surface area contributed by atoms with Crippen molar-refractivity contribution in [2.75, 3.05) is 0 Å². The summed E-state index contributed by atoms with van der Waals surface area (Å²) < 4.78 is 0. The van der Waals surface area contributed by atoms with Crippen molar-refractivity contribution in [3.8, 4) is 0 Å². The number of hydrogen-bond donors (Lipinski definition) is 0. The molecule has 86 valence electrons. The van der Waals surface area contributed by atoms with Gasteiger partial charge < -0.3 is 0 Å². The first-order valence-electron chi connectivity index (χ1n) is 4.95. The summed E-state index contributed by atoms with van der Waals surface area (Å²) in [5.41, 5.74) is 1.36. The number of halogens is 2. The van der Waals surface area contributed by atoms with E-state index in [0.717, 1.165) is 0 Å². The summed E-state index contributed by atoms with van der Waals surface area (Å²) in [4.78, 5) is 22.5. The average molecular weight is 259 g/mol. The van der Waals surface area contributed by atoms with Gasteiger partial charge in [-0.05, 0) is 53.2 Å². The van der Waals surface area contributed by atoms with E-state index in [4.69, 9.17) is 23.2 Å². The molecule has 4 heteroatoms. The summed E-state index contributed by atoms with van der Waals surface area (Å²) in [5.74, 6) is 0.312. The highest BCUT2D eigenvalue weighted by molar-refractivity contribution is 6.69. The number of carbonyl (C=O) groups is 2. The van der Waals surface area contributed by atoms with Crippen LogP contribution in [0.3, 0.4) is 0 Å². The quantitative estimate of drug-likeness (QED) is 0.773. The molecule has 0 saturated carbocycles. The SMILES string of the molecule is CC(C)Cc1c(C(=O)Cl)cccc1C(=O)Cl. The summed E-state index contributed by atoms with van der Waals surface area (Å²) in [5, 5.41) is -1.12. The van der Waals surface area contributed by atoms with E-state index in [2.05, 4.69) is 0 Å². The Balaban J connectivity index is 3.34. The molecule has 0 fully saturated rings. The van der Waals surface area contributed by atoms with Crippen LogP contribution in [0.15, 0.2) is 18.2 Å². The molecule has 0 heterocycles. The second kappa shape index (κ2) is 5.46. The van der Waals surface area contributed by atoms with E-state index in [1.165, 1.54) is 0 Å². The Bertz CT molecular complexity index is 393. The van der Waals surface area contributed by atoms with Crippen LogP contribution in [0.25, 0.3) is 0 Å². The van der Waals surface area contributed by atoms with Crippen molar-refractivity contribution in [2.45, 2.75) is 20.3 Å². The Kier molecular flexibility index (Phi) is 4.51. The van der Waals surface area contributed by atoms with Gasteiger partial charge in [-0.2, -0.15) is 0 Å². The van der Waals surface area contributed by atoms with Gasteiger partial charge in [-0.25, -0.2) is 0 Å². The molecule has 1 aromatic rings. The monoisotopic (exact) mass is 258 g/mol. The van der Waals surface area contributed by atoms with Crippen molar-refractivity contribution in [1.29, 1.82) is 0 Å². The zero-order chi connectivity index (χ0) is 12.3. The molecule has 0 bridgehead atoms. The fourth-order valence-electron chi connectivity index (χ4n) is 1.58. The van der Waals surface area contributed by atoms with Gasteiger partial charge in [0.2, 0.25) is 0 Å². The van der Waals surface area contributed by atoms with Crippen LogP contribution in [0.1, 0.15) is 40.1 Å². The third-order valence-electron chi connectivity index (χ3n) is 2.21. The third kappa shape index (κ3) is 3.06. The van der Waals surface area contributed by atoms with Crippen molar-refractivity contribution < 1.29 is 9.59 Å². The van der Waals surface area contributed by atoms with Crippen LogP contribution in [-0.2, 0) is 6.42 Å². The first kappa shape index (κ1) is 13.2. The highest BCUT2D eigenvalue weighted by Crippen LogP contribution is 2.22. The smallest absolute Gasteiger partial charge is 0.252 e. The van der Waals surface area contributed by atoms with E-state index >= 15 is 0 Å². The number of rotatable bonds is 4. The van der Waals surface area contributed by atoms with Gasteiger partial charge in [-0.15, -0.1) is 0 Å². The van der Waals surface area contributed by atoms with E-state index in [-0.39, 0.29) is 0 Å². The van der Waals surface area contributed by atoms with Gasteiger partial charge in [0, 0.05) is 11.1 Å². The summed E-state index contributed by atoms with van der Waals surface area (Å²) in [7, 11) is 0. The average Bonchev–Trinajstić information content (AvgIpc) is 2.16. The van der Waals surface area contributed by atoms with Gasteiger partial charge in [0.05, 0.1) is 0 Å². The van der Waals surface area contributed by atoms with Crippen LogP contribution >= 0.6 is 23.2 Å². The summed E-state index contributed by atoms with van der Waals surface area (Å²) in [6.07, 6.45) is 0.600. The predicted octanol–water partition coefficient (Wildman–Crippen LogP) is 3.64. The van der Waals surface area contributed by atoms with E-state index < -0.39 is 10.5 Å². The fraction of sp³-hybridized carbons (Fsp3) is 0.333. The summed E-state index contributed by atoms with van der Waals surface area (Å²) >= 11 is 11.0. The van der Waals surface area contributed by atoms with Gasteiger partial charge in [-0.1, -0.05) is 19.9 Å². The van der Waals surface area contributed by atoms with Crippen LogP contribution in [-0.4, -0.2) is 10.5 Å². The minimum absolute atomic E-state index is 0.312. The molecule has 0 saturated heterocycles. The fourth-order valence-corrected chi connectivity index (χ4v) is 1.94. The second-order valence-electron chi connectivity index (χ2n) is 3.98. The predicted molar refractivity (Wildman–Crippen MR) is 65.4 cm³/mol. The molecule has 0 radical (unpaired) electrons. The first-order chi connectivity index (χ1) is 7.43. The van der Waals surface area contributed by atoms with Crippen molar-refractivity contribution in [3.63, 3.8) is 0 Å². The molecule has 1 aromatic carbocycles. The Labute approximate surface area is 105 Å². The third-order valence-corrected chi connectivity index (χ3v) is 2.62. The molecule has 1 rings (SSSR count). The first-order valence-corrected chi connectivity index (χ1v) is 5.70. The Morgan fingerprint density at radius 2 is 1.56 bits per heavy atom. The number of carbonyl (C=O) groups excluding carboxylic acids is 2. The molecule has 16 heavy (non-hydrogen) atoms. The Hall–Kier alpha value is -0.860. The molecule has 0 atom stereocenters. The van der Waals surface area contributed by atoms with Gasteiger partial charge >= 0.3 is 0 Å². The number of hydrogen-bond acceptors (Lipinski definition) is 2. The molecular formula is C12H12Cl2O2. The molecule has 0 N–H and O–H groups in total. The maximum absolute atomic E-state index is 11.2.